The second kappa shape index (κ2) is 6.21. The largest absolute Gasteiger partial charge is 0.376 e. The zero-order valence-corrected chi connectivity index (χ0v) is 10.6. The molecule has 0 bridgehead atoms. The third-order valence-electron chi connectivity index (χ3n) is 3.46. The Morgan fingerprint density at radius 2 is 2.24 bits per heavy atom. The van der Waals surface area contributed by atoms with Crippen LogP contribution in [0.5, 0.6) is 0 Å². The van der Waals surface area contributed by atoms with E-state index in [0.717, 1.165) is 38.3 Å². The summed E-state index contributed by atoms with van der Waals surface area (Å²) in [7, 11) is 0. The molecular weight excluding hydrogens is 216 g/mol. The number of rotatable bonds is 5. The monoisotopic (exact) mass is 240 g/mol. The minimum Gasteiger partial charge on any atom is -0.376 e. The summed E-state index contributed by atoms with van der Waals surface area (Å²) in [6, 6.07) is 0.374. The molecule has 1 aliphatic heterocycles. The number of nitrogens with zero attached hydrogens (tertiary/aromatic N) is 1. The quantitative estimate of drug-likeness (QED) is 0.218. The van der Waals surface area contributed by atoms with E-state index in [0.29, 0.717) is 18.1 Å². The molecule has 0 aromatic carbocycles. The molecule has 2 aliphatic rings. The molecule has 0 aromatic rings. The smallest absolute Gasteiger partial charge is 0.206 e. The summed E-state index contributed by atoms with van der Waals surface area (Å²) in [6.07, 6.45) is 6.27. The minimum absolute atomic E-state index is 0.361. The van der Waals surface area contributed by atoms with Gasteiger partial charge in [-0.05, 0) is 31.6 Å². The van der Waals surface area contributed by atoms with E-state index in [2.05, 4.69) is 22.7 Å². The van der Waals surface area contributed by atoms with E-state index in [1.54, 1.807) is 0 Å². The van der Waals surface area contributed by atoms with Crippen LogP contribution in [0.25, 0.3) is 0 Å². The maximum Gasteiger partial charge on any atom is 0.206 e. The second-order valence-electron chi connectivity index (χ2n) is 4.94. The molecule has 0 amide bonds. The van der Waals surface area contributed by atoms with Crippen molar-refractivity contribution in [3.8, 4) is 0 Å². The highest BCUT2D eigenvalue weighted by atomic mass is 16.5. The van der Waals surface area contributed by atoms with Crippen LogP contribution in [0.1, 0.15) is 39.0 Å². The zero-order chi connectivity index (χ0) is 12.1. The van der Waals surface area contributed by atoms with Crippen molar-refractivity contribution in [2.45, 2.75) is 51.2 Å². The molecule has 98 valence electrons. The lowest BCUT2D eigenvalue weighted by atomic mass is 10.1. The minimum atomic E-state index is 0.361. The lowest BCUT2D eigenvalue weighted by molar-refractivity contribution is 0.0841. The van der Waals surface area contributed by atoms with Gasteiger partial charge in [-0.25, -0.2) is 5.84 Å². The fraction of sp³-hybridized carbons (Fsp3) is 0.917. The molecule has 1 heterocycles. The number of aliphatic imine (C=N–C) groups is 1. The van der Waals surface area contributed by atoms with E-state index in [1.807, 2.05) is 0 Å². The number of ether oxygens (including phenoxy) is 1. The van der Waals surface area contributed by atoms with E-state index in [9.17, 15) is 0 Å². The van der Waals surface area contributed by atoms with Crippen molar-refractivity contribution in [1.82, 2.24) is 10.7 Å². The van der Waals surface area contributed by atoms with Gasteiger partial charge in [0.2, 0.25) is 5.96 Å². The van der Waals surface area contributed by atoms with E-state index in [-0.39, 0.29) is 0 Å². The van der Waals surface area contributed by atoms with Gasteiger partial charge in [0, 0.05) is 13.2 Å². The first-order valence-electron chi connectivity index (χ1n) is 6.74. The average molecular weight is 240 g/mol. The summed E-state index contributed by atoms with van der Waals surface area (Å²) in [6.45, 7) is 3.84. The molecule has 4 N–H and O–H groups in total. The Hall–Kier alpha value is -0.810. The average Bonchev–Trinajstić information content (AvgIpc) is 3.09. The highest BCUT2D eigenvalue weighted by Crippen LogP contribution is 2.38. The maximum absolute atomic E-state index is 5.77. The molecule has 2 atom stereocenters. The van der Waals surface area contributed by atoms with Crippen LogP contribution in [0.2, 0.25) is 0 Å². The number of guanidine groups is 1. The molecule has 5 nitrogen and oxygen atoms in total. The van der Waals surface area contributed by atoms with Gasteiger partial charge >= 0.3 is 0 Å². The molecule has 5 heteroatoms. The van der Waals surface area contributed by atoms with Gasteiger partial charge in [0.25, 0.3) is 0 Å². The first kappa shape index (κ1) is 12.6. The van der Waals surface area contributed by atoms with Gasteiger partial charge in [-0.2, -0.15) is 0 Å². The summed E-state index contributed by atoms with van der Waals surface area (Å²) in [5, 5.41) is 3.38. The van der Waals surface area contributed by atoms with Gasteiger partial charge in [-0.15, -0.1) is 0 Å². The summed E-state index contributed by atoms with van der Waals surface area (Å²) in [5.41, 5.74) is 2.65. The third-order valence-corrected chi connectivity index (χ3v) is 3.46. The van der Waals surface area contributed by atoms with Gasteiger partial charge < -0.3 is 10.1 Å². The fourth-order valence-electron chi connectivity index (χ4n) is 2.31. The molecule has 1 saturated carbocycles. The first-order valence-corrected chi connectivity index (χ1v) is 6.74. The normalized spacial score (nSPS) is 29.4. The van der Waals surface area contributed by atoms with Crippen LogP contribution in [0.3, 0.4) is 0 Å². The van der Waals surface area contributed by atoms with Crippen LogP contribution in [0, 0.1) is 5.92 Å². The number of nitrogens with one attached hydrogen (secondary N) is 2. The standard InChI is InChI=1S/C12H24N4O/c1-2-3-7-14-12(16-13)15-10-6-8-17-11(10)9-4-5-9/h9-11H,2-8,13H2,1H3,(H2,14,15,16). The van der Waals surface area contributed by atoms with Crippen LogP contribution in [-0.4, -0.2) is 31.3 Å². The Balaban J connectivity index is 1.82. The SMILES string of the molecule is CCCCN=C(NN)NC1CCOC1C1CC1. The van der Waals surface area contributed by atoms with Gasteiger partial charge in [-0.1, -0.05) is 13.3 Å². The summed E-state index contributed by atoms with van der Waals surface area (Å²) >= 11 is 0. The van der Waals surface area contributed by atoms with Gasteiger partial charge in [-0.3, -0.25) is 10.4 Å². The van der Waals surface area contributed by atoms with E-state index >= 15 is 0 Å². The number of unbranched alkanes of at least 4 members (excludes halogenated alkanes) is 1. The highest BCUT2D eigenvalue weighted by Gasteiger charge is 2.40. The van der Waals surface area contributed by atoms with E-state index < -0.39 is 0 Å². The lowest BCUT2D eigenvalue weighted by Crippen LogP contribution is -2.49. The Labute approximate surface area is 103 Å². The van der Waals surface area contributed by atoms with Crippen LogP contribution >= 0.6 is 0 Å². The van der Waals surface area contributed by atoms with Crippen LogP contribution in [0.15, 0.2) is 4.99 Å². The Kier molecular flexibility index (Phi) is 4.62. The first-order chi connectivity index (χ1) is 8.35. The predicted octanol–water partition coefficient (Wildman–Crippen LogP) is 0.763. The molecule has 0 radical (unpaired) electrons. The second-order valence-corrected chi connectivity index (χ2v) is 4.94. The number of nitrogens with two attached hydrogens (primary N) is 1. The topological polar surface area (TPSA) is 71.7 Å². The van der Waals surface area contributed by atoms with Gasteiger partial charge in [0.15, 0.2) is 0 Å². The summed E-state index contributed by atoms with van der Waals surface area (Å²) in [5.74, 6) is 6.95. The summed E-state index contributed by atoms with van der Waals surface area (Å²) < 4.78 is 5.77. The molecule has 1 saturated heterocycles. The molecule has 2 rings (SSSR count). The van der Waals surface area contributed by atoms with Crippen molar-refractivity contribution >= 4 is 5.96 Å². The number of hydrazine groups is 1. The van der Waals surface area contributed by atoms with Crippen molar-refractivity contribution in [1.29, 1.82) is 0 Å². The molecule has 0 aromatic heterocycles. The van der Waals surface area contributed by atoms with Crippen molar-refractivity contribution in [3.05, 3.63) is 0 Å². The Morgan fingerprint density at radius 3 is 2.88 bits per heavy atom. The molecule has 2 unspecified atom stereocenters. The third kappa shape index (κ3) is 3.57. The highest BCUT2D eigenvalue weighted by molar-refractivity contribution is 5.79. The van der Waals surface area contributed by atoms with Crippen molar-refractivity contribution in [2.24, 2.45) is 16.8 Å². The Bertz CT molecular complexity index is 265. The number of hydrogen-bond donors (Lipinski definition) is 3. The molecule has 0 spiro atoms. The molecule has 17 heavy (non-hydrogen) atoms. The Morgan fingerprint density at radius 1 is 1.41 bits per heavy atom. The van der Waals surface area contributed by atoms with Crippen LogP contribution in [-0.2, 0) is 4.74 Å². The molecule has 1 aliphatic carbocycles. The lowest BCUT2D eigenvalue weighted by Gasteiger charge is -2.21. The fourth-order valence-corrected chi connectivity index (χ4v) is 2.31. The van der Waals surface area contributed by atoms with Crippen LogP contribution in [0.4, 0.5) is 0 Å². The number of hydrogen-bond acceptors (Lipinski definition) is 3. The van der Waals surface area contributed by atoms with Crippen LogP contribution < -0.4 is 16.6 Å². The van der Waals surface area contributed by atoms with Gasteiger partial charge in [0.1, 0.15) is 0 Å². The van der Waals surface area contributed by atoms with Crippen molar-refractivity contribution in [3.63, 3.8) is 0 Å². The maximum atomic E-state index is 5.77. The van der Waals surface area contributed by atoms with E-state index in [4.69, 9.17) is 10.6 Å². The predicted molar refractivity (Wildman–Crippen MR) is 68.5 cm³/mol. The van der Waals surface area contributed by atoms with Gasteiger partial charge in [0.05, 0.1) is 12.1 Å². The zero-order valence-electron chi connectivity index (χ0n) is 10.6. The van der Waals surface area contributed by atoms with Crippen molar-refractivity contribution in [2.75, 3.05) is 13.2 Å². The van der Waals surface area contributed by atoms with Crippen molar-refractivity contribution < 1.29 is 4.74 Å². The summed E-state index contributed by atoms with van der Waals surface area (Å²) in [4.78, 5) is 4.42. The molecule has 2 fully saturated rings. The molecular formula is C12H24N4O. The van der Waals surface area contributed by atoms with E-state index in [1.165, 1.54) is 12.8 Å².